The third-order valence-electron chi connectivity index (χ3n) is 3.26. The summed E-state index contributed by atoms with van der Waals surface area (Å²) in [5.41, 5.74) is -1.11. The van der Waals surface area contributed by atoms with Gasteiger partial charge in [-0.25, -0.2) is 0 Å². The van der Waals surface area contributed by atoms with Crippen LogP contribution in [-0.2, 0) is 0 Å². The maximum atomic E-state index is 11.9. The molecule has 19 heavy (non-hydrogen) atoms. The van der Waals surface area contributed by atoms with Crippen molar-refractivity contribution in [3.8, 4) is 0 Å². The number of carbonyl (C=O) groups excluding carboxylic acids is 1. The molecule has 0 radical (unpaired) electrons. The van der Waals surface area contributed by atoms with Crippen LogP contribution in [0.25, 0.3) is 0 Å². The third-order valence-corrected chi connectivity index (χ3v) is 3.76. The highest BCUT2D eigenvalue weighted by atomic mass is 79.9. The van der Waals surface area contributed by atoms with E-state index < -0.39 is 16.4 Å². The summed E-state index contributed by atoms with van der Waals surface area (Å²) in [6.45, 7) is 0.124. The first kappa shape index (κ1) is 14.0. The molecule has 0 spiro atoms. The Morgan fingerprint density at radius 1 is 1.53 bits per heavy atom. The van der Waals surface area contributed by atoms with Crippen molar-refractivity contribution in [1.29, 1.82) is 0 Å². The first-order valence-corrected chi connectivity index (χ1v) is 6.65. The number of rotatable bonds is 4. The Balaban J connectivity index is 2.12. The number of carbonyl (C=O) groups is 1. The average molecular weight is 329 g/mol. The van der Waals surface area contributed by atoms with Gasteiger partial charge in [-0.1, -0.05) is 15.9 Å². The molecule has 6 nitrogen and oxygen atoms in total. The van der Waals surface area contributed by atoms with Crippen molar-refractivity contribution in [2.24, 2.45) is 0 Å². The summed E-state index contributed by atoms with van der Waals surface area (Å²) in [7, 11) is 0. The van der Waals surface area contributed by atoms with Crippen LogP contribution in [-0.4, -0.2) is 28.1 Å². The second-order valence-electron chi connectivity index (χ2n) is 4.68. The zero-order valence-corrected chi connectivity index (χ0v) is 11.6. The largest absolute Gasteiger partial charge is 0.388 e. The minimum atomic E-state index is -0.847. The molecule has 0 bridgehead atoms. The minimum absolute atomic E-state index is 0.00359. The number of aliphatic hydroxyl groups is 1. The van der Waals surface area contributed by atoms with Gasteiger partial charge in [0.2, 0.25) is 0 Å². The van der Waals surface area contributed by atoms with Gasteiger partial charge in [0, 0.05) is 17.1 Å². The van der Waals surface area contributed by atoms with Crippen LogP contribution >= 0.6 is 15.9 Å². The second-order valence-corrected chi connectivity index (χ2v) is 5.59. The molecule has 0 atom stereocenters. The third kappa shape index (κ3) is 3.10. The molecule has 0 aromatic heterocycles. The fourth-order valence-corrected chi connectivity index (χ4v) is 2.30. The molecule has 2 rings (SSSR count). The number of nitro benzene ring substituents is 1. The van der Waals surface area contributed by atoms with Crippen molar-refractivity contribution in [3.05, 3.63) is 38.3 Å². The molecule has 0 saturated heterocycles. The fourth-order valence-electron chi connectivity index (χ4n) is 1.95. The van der Waals surface area contributed by atoms with E-state index in [1.165, 1.54) is 12.1 Å². The van der Waals surface area contributed by atoms with Crippen LogP contribution in [0.1, 0.15) is 29.6 Å². The van der Waals surface area contributed by atoms with Crippen LogP contribution in [0.4, 0.5) is 5.69 Å². The van der Waals surface area contributed by atoms with Crippen LogP contribution in [0, 0.1) is 10.1 Å². The lowest BCUT2D eigenvalue weighted by atomic mass is 9.80. The Morgan fingerprint density at radius 3 is 2.74 bits per heavy atom. The molecular formula is C12H13BrN2O4. The molecule has 0 unspecified atom stereocenters. The van der Waals surface area contributed by atoms with Crippen molar-refractivity contribution >= 4 is 27.5 Å². The van der Waals surface area contributed by atoms with E-state index in [9.17, 15) is 20.0 Å². The van der Waals surface area contributed by atoms with Gasteiger partial charge in [0.1, 0.15) is 5.56 Å². The van der Waals surface area contributed by atoms with E-state index in [0.29, 0.717) is 17.3 Å². The van der Waals surface area contributed by atoms with Crippen LogP contribution in [0.3, 0.4) is 0 Å². The van der Waals surface area contributed by atoms with Gasteiger partial charge in [0.05, 0.1) is 10.5 Å². The van der Waals surface area contributed by atoms with E-state index in [-0.39, 0.29) is 17.8 Å². The number of hydrogen-bond donors (Lipinski definition) is 2. The van der Waals surface area contributed by atoms with Gasteiger partial charge in [-0.3, -0.25) is 14.9 Å². The molecular weight excluding hydrogens is 316 g/mol. The summed E-state index contributed by atoms with van der Waals surface area (Å²) in [4.78, 5) is 22.2. The number of amides is 1. The molecule has 1 aliphatic rings. The maximum absolute atomic E-state index is 11.9. The van der Waals surface area contributed by atoms with Gasteiger partial charge < -0.3 is 10.4 Å². The molecule has 1 aliphatic carbocycles. The van der Waals surface area contributed by atoms with Gasteiger partial charge in [0.15, 0.2) is 0 Å². The predicted octanol–water partition coefficient (Wildman–Crippen LogP) is 2.00. The van der Waals surface area contributed by atoms with E-state index in [0.717, 1.165) is 6.42 Å². The smallest absolute Gasteiger partial charge is 0.283 e. The number of halogens is 1. The Hall–Kier alpha value is -1.47. The lowest BCUT2D eigenvalue weighted by Gasteiger charge is -2.36. The maximum Gasteiger partial charge on any atom is 0.283 e. The molecule has 1 saturated carbocycles. The number of benzene rings is 1. The van der Waals surface area contributed by atoms with Crippen molar-refractivity contribution in [1.82, 2.24) is 5.32 Å². The minimum Gasteiger partial charge on any atom is -0.388 e. The molecule has 1 aromatic carbocycles. The molecule has 7 heteroatoms. The summed E-state index contributed by atoms with van der Waals surface area (Å²) in [5, 5.41) is 23.3. The van der Waals surface area contributed by atoms with Gasteiger partial charge in [-0.05, 0) is 31.4 Å². The molecule has 1 fully saturated rings. The number of nitrogens with one attached hydrogen (secondary N) is 1. The molecule has 2 N–H and O–H groups in total. The predicted molar refractivity (Wildman–Crippen MR) is 71.9 cm³/mol. The van der Waals surface area contributed by atoms with Gasteiger partial charge in [-0.15, -0.1) is 0 Å². The van der Waals surface area contributed by atoms with Gasteiger partial charge in [-0.2, -0.15) is 0 Å². The summed E-state index contributed by atoms with van der Waals surface area (Å²) >= 11 is 3.13. The Bertz CT molecular complexity index is 528. The average Bonchev–Trinajstić information content (AvgIpc) is 2.33. The lowest BCUT2D eigenvalue weighted by Crippen LogP contribution is -2.47. The zero-order valence-electron chi connectivity index (χ0n) is 10.1. The Labute approximate surface area is 118 Å². The first-order chi connectivity index (χ1) is 8.91. The van der Waals surface area contributed by atoms with Crippen LogP contribution in [0.2, 0.25) is 0 Å². The SMILES string of the molecule is O=C(NCC1(O)CCC1)c1ccc(Br)cc1[N+](=O)[O-]. The summed E-state index contributed by atoms with van der Waals surface area (Å²) in [6, 6.07) is 4.25. The topological polar surface area (TPSA) is 92.5 Å². The van der Waals surface area contributed by atoms with Crippen molar-refractivity contribution < 1.29 is 14.8 Å². The van der Waals surface area contributed by atoms with E-state index in [2.05, 4.69) is 21.2 Å². The zero-order chi connectivity index (χ0) is 14.0. The summed E-state index contributed by atoms with van der Waals surface area (Å²) in [5.74, 6) is -0.542. The number of hydrogen-bond acceptors (Lipinski definition) is 4. The number of nitro groups is 1. The van der Waals surface area contributed by atoms with E-state index >= 15 is 0 Å². The molecule has 0 aliphatic heterocycles. The standard InChI is InChI=1S/C12H13BrN2O4/c13-8-2-3-9(10(6-8)15(18)19)11(16)14-7-12(17)4-1-5-12/h2-3,6,17H,1,4-5,7H2,(H,14,16). The molecule has 0 heterocycles. The second kappa shape index (κ2) is 5.26. The van der Waals surface area contributed by atoms with E-state index in [1.54, 1.807) is 6.07 Å². The lowest BCUT2D eigenvalue weighted by molar-refractivity contribution is -0.385. The normalized spacial score (nSPS) is 16.5. The number of nitrogens with zero attached hydrogens (tertiary/aromatic N) is 1. The van der Waals surface area contributed by atoms with Crippen molar-refractivity contribution in [2.75, 3.05) is 6.54 Å². The van der Waals surface area contributed by atoms with E-state index in [1.807, 2.05) is 0 Å². The molecule has 1 amide bonds. The Morgan fingerprint density at radius 2 is 2.21 bits per heavy atom. The summed E-state index contributed by atoms with van der Waals surface area (Å²) in [6.07, 6.45) is 2.23. The van der Waals surface area contributed by atoms with Crippen LogP contribution in [0.5, 0.6) is 0 Å². The van der Waals surface area contributed by atoms with Crippen LogP contribution < -0.4 is 5.32 Å². The van der Waals surface area contributed by atoms with Gasteiger partial charge >= 0.3 is 0 Å². The van der Waals surface area contributed by atoms with E-state index in [4.69, 9.17) is 0 Å². The quantitative estimate of drug-likeness (QED) is 0.653. The highest BCUT2D eigenvalue weighted by Crippen LogP contribution is 2.31. The monoisotopic (exact) mass is 328 g/mol. The van der Waals surface area contributed by atoms with Gasteiger partial charge in [0.25, 0.3) is 11.6 Å². The fraction of sp³-hybridized carbons (Fsp3) is 0.417. The molecule has 102 valence electrons. The Kier molecular flexibility index (Phi) is 3.86. The highest BCUT2D eigenvalue weighted by molar-refractivity contribution is 9.10. The van der Waals surface area contributed by atoms with Crippen LogP contribution in [0.15, 0.2) is 22.7 Å². The first-order valence-electron chi connectivity index (χ1n) is 5.86. The van der Waals surface area contributed by atoms with Crippen molar-refractivity contribution in [2.45, 2.75) is 24.9 Å². The van der Waals surface area contributed by atoms with Crippen molar-refractivity contribution in [3.63, 3.8) is 0 Å². The summed E-state index contributed by atoms with van der Waals surface area (Å²) < 4.78 is 0.536. The molecule has 1 aromatic rings. The highest BCUT2D eigenvalue weighted by Gasteiger charge is 2.35.